The molecule has 3 amide bonds. The lowest BCUT2D eigenvalue weighted by Gasteiger charge is -2.44. The molecule has 214 valence electrons. The van der Waals surface area contributed by atoms with Crippen molar-refractivity contribution in [2.24, 2.45) is 0 Å². The third-order valence-corrected chi connectivity index (χ3v) is 10.6. The number of phenolic OH excluding ortho intramolecular Hbond substituents is 1. The summed E-state index contributed by atoms with van der Waals surface area (Å²) in [6, 6.07) is 8.41. The van der Waals surface area contributed by atoms with Gasteiger partial charge in [-0.2, -0.15) is 4.31 Å². The normalized spacial score (nSPS) is 23.1. The van der Waals surface area contributed by atoms with Crippen LogP contribution in [0.15, 0.2) is 59.5 Å². The van der Waals surface area contributed by atoms with Crippen LogP contribution in [-0.2, 0) is 29.2 Å². The predicted octanol–water partition coefficient (Wildman–Crippen LogP) is 0.890. The van der Waals surface area contributed by atoms with E-state index in [1.807, 2.05) is 0 Å². The number of hydrogen-bond acceptors (Lipinski definition) is 8. The number of fused-ring (bicyclic) bond motifs is 1. The molecule has 0 spiro atoms. The largest absolute Gasteiger partial charge is 0.508 e. The highest BCUT2D eigenvalue weighted by molar-refractivity contribution is 8.01. The topological polar surface area (TPSA) is 173 Å². The van der Waals surface area contributed by atoms with Gasteiger partial charge in [0.05, 0.1) is 4.90 Å². The Labute approximate surface area is 235 Å². The van der Waals surface area contributed by atoms with E-state index in [2.05, 4.69) is 10.6 Å². The average molecular weight is 591 g/mol. The minimum absolute atomic E-state index is 0.00493. The van der Waals surface area contributed by atoms with Crippen LogP contribution in [0.2, 0.25) is 0 Å². The van der Waals surface area contributed by atoms with Gasteiger partial charge in [0.2, 0.25) is 27.7 Å². The van der Waals surface area contributed by atoms with Crippen molar-refractivity contribution in [1.82, 2.24) is 19.8 Å². The summed E-state index contributed by atoms with van der Waals surface area (Å²) in [6.07, 6.45) is 0. The molecule has 4 N–H and O–H groups in total. The third-order valence-electron chi connectivity index (χ3n) is 7.09. The molecule has 2 heterocycles. The Morgan fingerprint density at radius 3 is 2.23 bits per heavy atom. The SMILES string of the molecule is CC(C(=O)NC(C(=O)NC1C(=O)N2[C@@H]1SC(C)(C)[C@@H]2C(=O)O)c1ccc(O)cc1)N(C)S(=O)(=O)c1ccccc1. The summed E-state index contributed by atoms with van der Waals surface area (Å²) >= 11 is 1.26. The smallest absolute Gasteiger partial charge is 0.327 e. The van der Waals surface area contributed by atoms with E-state index in [-0.39, 0.29) is 16.2 Å². The molecule has 40 heavy (non-hydrogen) atoms. The fraction of sp³-hybridized carbons (Fsp3) is 0.385. The fourth-order valence-corrected chi connectivity index (χ4v) is 7.71. The number of amides is 3. The first-order valence-electron chi connectivity index (χ1n) is 12.3. The minimum Gasteiger partial charge on any atom is -0.508 e. The minimum atomic E-state index is -4.03. The molecule has 14 heteroatoms. The van der Waals surface area contributed by atoms with E-state index in [1.54, 1.807) is 32.0 Å². The number of hydrogen-bond donors (Lipinski definition) is 4. The van der Waals surface area contributed by atoms with Gasteiger partial charge in [0, 0.05) is 11.8 Å². The van der Waals surface area contributed by atoms with E-state index in [9.17, 15) is 37.8 Å². The van der Waals surface area contributed by atoms with Gasteiger partial charge >= 0.3 is 5.97 Å². The molecule has 0 radical (unpaired) electrons. The molecular weight excluding hydrogens is 560 g/mol. The van der Waals surface area contributed by atoms with Gasteiger partial charge in [-0.3, -0.25) is 14.4 Å². The number of carboxylic acids is 1. The summed E-state index contributed by atoms with van der Waals surface area (Å²) in [5, 5.41) is 23.9. The van der Waals surface area contributed by atoms with Gasteiger partial charge in [-0.05, 0) is 50.6 Å². The van der Waals surface area contributed by atoms with Crippen molar-refractivity contribution >= 4 is 45.5 Å². The molecule has 3 unspecified atom stereocenters. The zero-order valence-corrected chi connectivity index (χ0v) is 23.8. The lowest BCUT2D eigenvalue weighted by molar-refractivity contribution is -0.161. The summed E-state index contributed by atoms with van der Waals surface area (Å²) in [5.74, 6) is -3.31. The van der Waals surface area contributed by atoms with Crippen LogP contribution in [0.3, 0.4) is 0 Å². The maximum Gasteiger partial charge on any atom is 0.327 e. The monoisotopic (exact) mass is 590 g/mol. The number of β-lactam (4-membered cyclic amide) rings is 1. The van der Waals surface area contributed by atoms with Gasteiger partial charge in [0.25, 0.3) is 0 Å². The second kappa shape index (κ2) is 10.7. The summed E-state index contributed by atoms with van der Waals surface area (Å²) in [5.41, 5.74) is 0.274. The van der Waals surface area contributed by atoms with Crippen LogP contribution in [0.25, 0.3) is 0 Å². The summed E-state index contributed by atoms with van der Waals surface area (Å²) in [6.45, 7) is 4.79. The quantitative estimate of drug-likeness (QED) is 0.309. The number of carbonyl (C=O) groups is 4. The van der Waals surface area contributed by atoms with E-state index in [0.29, 0.717) is 0 Å². The van der Waals surface area contributed by atoms with Gasteiger partial charge < -0.3 is 25.7 Å². The number of likely N-dealkylation sites (N-methyl/N-ethyl adjacent to an activating group) is 1. The first-order valence-corrected chi connectivity index (χ1v) is 14.6. The lowest BCUT2D eigenvalue weighted by atomic mass is 9.95. The van der Waals surface area contributed by atoms with Crippen molar-refractivity contribution in [2.45, 2.75) is 60.0 Å². The maximum atomic E-state index is 13.5. The van der Waals surface area contributed by atoms with Crippen LogP contribution in [0.4, 0.5) is 0 Å². The Bertz CT molecular complexity index is 1430. The van der Waals surface area contributed by atoms with Crippen molar-refractivity contribution in [3.8, 4) is 5.75 Å². The molecule has 2 aliphatic heterocycles. The second-order valence-electron chi connectivity index (χ2n) is 10.1. The zero-order valence-electron chi connectivity index (χ0n) is 22.1. The third kappa shape index (κ3) is 5.25. The number of aliphatic carboxylic acids is 1. The van der Waals surface area contributed by atoms with Crippen LogP contribution in [0.5, 0.6) is 5.75 Å². The highest BCUT2D eigenvalue weighted by Crippen LogP contribution is 2.50. The first kappa shape index (κ1) is 29.4. The number of sulfonamides is 1. The number of nitrogens with one attached hydrogen (secondary N) is 2. The van der Waals surface area contributed by atoms with Gasteiger partial charge in [0.15, 0.2) is 0 Å². The number of aromatic hydroxyl groups is 1. The first-order chi connectivity index (χ1) is 18.7. The lowest BCUT2D eigenvalue weighted by Crippen LogP contribution is -2.71. The number of carbonyl (C=O) groups excluding carboxylic acids is 3. The molecule has 2 saturated heterocycles. The molecule has 0 saturated carbocycles. The van der Waals surface area contributed by atoms with Gasteiger partial charge in [-0.25, -0.2) is 13.2 Å². The molecular formula is C26H30N4O8S2. The molecule has 0 bridgehead atoms. The Morgan fingerprint density at radius 2 is 1.65 bits per heavy atom. The van der Waals surface area contributed by atoms with Crippen LogP contribution in [-0.4, -0.2) is 86.8 Å². The van der Waals surface area contributed by atoms with Crippen LogP contribution in [0.1, 0.15) is 32.4 Å². The molecule has 2 aromatic carbocycles. The average Bonchev–Trinajstić information content (AvgIpc) is 3.18. The Hall–Kier alpha value is -3.62. The zero-order chi connectivity index (χ0) is 29.6. The predicted molar refractivity (Wildman–Crippen MR) is 146 cm³/mol. The molecule has 2 aromatic rings. The van der Waals surface area contributed by atoms with Crippen molar-refractivity contribution in [2.75, 3.05) is 7.05 Å². The highest BCUT2D eigenvalue weighted by atomic mass is 32.2. The molecule has 0 aliphatic carbocycles. The maximum absolute atomic E-state index is 13.5. The Kier molecular flexibility index (Phi) is 7.89. The highest BCUT2D eigenvalue weighted by Gasteiger charge is 2.64. The Morgan fingerprint density at radius 1 is 1.05 bits per heavy atom. The summed E-state index contributed by atoms with van der Waals surface area (Å²) in [4.78, 5) is 52.6. The molecule has 2 fully saturated rings. The molecule has 0 aromatic heterocycles. The van der Waals surface area contributed by atoms with Crippen LogP contribution in [0, 0.1) is 0 Å². The molecule has 5 atom stereocenters. The second-order valence-corrected chi connectivity index (χ2v) is 13.9. The fourth-order valence-electron chi connectivity index (χ4n) is 4.74. The van der Waals surface area contributed by atoms with E-state index >= 15 is 0 Å². The molecule has 4 rings (SSSR count). The van der Waals surface area contributed by atoms with Crippen LogP contribution >= 0.6 is 11.8 Å². The number of thioether (sulfide) groups is 1. The van der Waals surface area contributed by atoms with Crippen molar-refractivity contribution < 1.29 is 37.8 Å². The van der Waals surface area contributed by atoms with Crippen molar-refractivity contribution in [3.63, 3.8) is 0 Å². The van der Waals surface area contributed by atoms with Crippen molar-refractivity contribution in [3.05, 3.63) is 60.2 Å². The number of benzene rings is 2. The number of carboxylic acid groups (broad SMARTS) is 1. The number of rotatable bonds is 9. The van der Waals surface area contributed by atoms with Crippen LogP contribution < -0.4 is 10.6 Å². The van der Waals surface area contributed by atoms with E-state index in [4.69, 9.17) is 0 Å². The molecule has 2 aliphatic rings. The van der Waals surface area contributed by atoms with Gasteiger partial charge in [-0.15, -0.1) is 11.8 Å². The number of phenols is 1. The van der Waals surface area contributed by atoms with E-state index in [0.717, 1.165) is 4.31 Å². The van der Waals surface area contributed by atoms with E-state index < -0.39 is 68.0 Å². The van der Waals surface area contributed by atoms with Gasteiger partial charge in [0.1, 0.15) is 35.3 Å². The molecule has 12 nitrogen and oxygen atoms in total. The Balaban J connectivity index is 1.54. The standard InChI is InChI=1S/C26H30N4O8S2/c1-14(29(4)40(37,38)17-8-6-5-7-9-17)21(32)27-18(15-10-12-16(31)13-11-15)22(33)28-19-23(34)30-20(25(35)36)26(2,3)39-24(19)30/h5-14,18-20,24,31H,1-4H3,(H,27,32)(H,28,33)(H,35,36)/t14?,18?,19?,20-,24+/m0/s1. The van der Waals surface area contributed by atoms with Gasteiger partial charge in [-0.1, -0.05) is 30.3 Å². The number of nitrogens with zero attached hydrogens (tertiary/aromatic N) is 2. The summed E-state index contributed by atoms with van der Waals surface area (Å²) < 4.78 is 26.1. The summed E-state index contributed by atoms with van der Waals surface area (Å²) in [7, 11) is -2.77. The van der Waals surface area contributed by atoms with Crippen molar-refractivity contribution in [1.29, 1.82) is 0 Å². The van der Waals surface area contributed by atoms with E-state index in [1.165, 1.54) is 67.0 Å².